The quantitative estimate of drug-likeness (QED) is 0.836. The van der Waals surface area contributed by atoms with Gasteiger partial charge in [-0.2, -0.15) is 0 Å². The SMILES string of the molecule is CNCc1ncc(-c2cc(F)cc(F)c2)[nH]1. The van der Waals surface area contributed by atoms with Gasteiger partial charge in [-0.15, -0.1) is 0 Å². The minimum absolute atomic E-state index is 0.451. The molecule has 0 saturated carbocycles. The van der Waals surface area contributed by atoms with Crippen LogP contribution in [0.1, 0.15) is 5.82 Å². The lowest BCUT2D eigenvalue weighted by Gasteiger charge is -1.98. The lowest BCUT2D eigenvalue weighted by atomic mass is 10.1. The lowest BCUT2D eigenvalue weighted by molar-refractivity contribution is 0.584. The van der Waals surface area contributed by atoms with Crippen molar-refractivity contribution in [3.8, 4) is 11.3 Å². The molecular weight excluding hydrogens is 212 g/mol. The average Bonchev–Trinajstić information content (AvgIpc) is 2.65. The van der Waals surface area contributed by atoms with Crippen LogP contribution in [0.4, 0.5) is 8.78 Å². The number of nitrogens with zero attached hydrogens (tertiary/aromatic N) is 1. The zero-order valence-corrected chi connectivity index (χ0v) is 8.72. The molecule has 5 heteroatoms. The minimum Gasteiger partial charge on any atom is -0.341 e. The van der Waals surface area contributed by atoms with Gasteiger partial charge in [0.05, 0.1) is 18.4 Å². The van der Waals surface area contributed by atoms with Gasteiger partial charge >= 0.3 is 0 Å². The second-order valence-corrected chi connectivity index (χ2v) is 3.43. The first-order valence-electron chi connectivity index (χ1n) is 4.84. The van der Waals surface area contributed by atoms with Crippen molar-refractivity contribution < 1.29 is 8.78 Å². The van der Waals surface area contributed by atoms with Gasteiger partial charge in [0.15, 0.2) is 0 Å². The zero-order valence-electron chi connectivity index (χ0n) is 8.72. The Kier molecular flexibility index (Phi) is 2.96. The first-order chi connectivity index (χ1) is 7.69. The van der Waals surface area contributed by atoms with E-state index in [2.05, 4.69) is 15.3 Å². The third-order valence-corrected chi connectivity index (χ3v) is 2.15. The average molecular weight is 223 g/mol. The number of rotatable bonds is 3. The van der Waals surface area contributed by atoms with Crippen molar-refractivity contribution in [2.24, 2.45) is 0 Å². The van der Waals surface area contributed by atoms with Crippen LogP contribution in [0.5, 0.6) is 0 Å². The maximum Gasteiger partial charge on any atom is 0.126 e. The van der Waals surface area contributed by atoms with Crippen molar-refractivity contribution in [2.75, 3.05) is 7.05 Å². The zero-order chi connectivity index (χ0) is 11.5. The van der Waals surface area contributed by atoms with Crippen LogP contribution in [0.15, 0.2) is 24.4 Å². The molecule has 3 nitrogen and oxygen atoms in total. The summed E-state index contributed by atoms with van der Waals surface area (Å²) in [5.74, 6) is -0.471. The second-order valence-electron chi connectivity index (χ2n) is 3.43. The van der Waals surface area contributed by atoms with Gasteiger partial charge in [0.25, 0.3) is 0 Å². The molecule has 0 unspecified atom stereocenters. The molecule has 0 aliphatic rings. The third kappa shape index (κ3) is 2.25. The molecule has 16 heavy (non-hydrogen) atoms. The third-order valence-electron chi connectivity index (χ3n) is 2.15. The van der Waals surface area contributed by atoms with Gasteiger partial charge in [-0.3, -0.25) is 0 Å². The van der Waals surface area contributed by atoms with Gasteiger partial charge in [0.1, 0.15) is 17.5 Å². The number of benzene rings is 1. The van der Waals surface area contributed by atoms with Gasteiger partial charge in [-0.05, 0) is 19.2 Å². The number of nitrogens with one attached hydrogen (secondary N) is 2. The molecule has 2 aromatic rings. The predicted molar refractivity (Wildman–Crippen MR) is 56.7 cm³/mol. The highest BCUT2D eigenvalue weighted by Crippen LogP contribution is 2.19. The Morgan fingerprint density at radius 1 is 1.25 bits per heavy atom. The Bertz CT molecular complexity index is 473. The van der Waals surface area contributed by atoms with E-state index < -0.39 is 11.6 Å². The van der Waals surface area contributed by atoms with Gasteiger partial charge in [-0.25, -0.2) is 13.8 Å². The molecule has 0 bridgehead atoms. The van der Waals surface area contributed by atoms with Gasteiger partial charge < -0.3 is 10.3 Å². The maximum atomic E-state index is 13.0. The molecule has 0 atom stereocenters. The first kappa shape index (κ1) is 10.8. The van der Waals surface area contributed by atoms with E-state index in [4.69, 9.17) is 0 Å². The topological polar surface area (TPSA) is 40.7 Å². The molecular formula is C11H11F2N3. The van der Waals surface area contributed by atoms with Crippen LogP contribution in [0.2, 0.25) is 0 Å². The standard InChI is InChI=1S/C11H11F2N3/c1-14-6-11-15-5-10(16-11)7-2-8(12)4-9(13)3-7/h2-5,14H,6H2,1H3,(H,15,16). The van der Waals surface area contributed by atoms with Crippen molar-refractivity contribution in [3.63, 3.8) is 0 Å². The second kappa shape index (κ2) is 4.40. The smallest absolute Gasteiger partial charge is 0.126 e. The Labute approximate surface area is 91.5 Å². The van der Waals surface area contributed by atoms with Crippen LogP contribution in [-0.2, 0) is 6.54 Å². The fourth-order valence-electron chi connectivity index (χ4n) is 1.48. The molecule has 0 saturated heterocycles. The van der Waals surface area contributed by atoms with E-state index >= 15 is 0 Å². The Balaban J connectivity index is 2.34. The molecule has 1 heterocycles. The molecule has 2 N–H and O–H groups in total. The summed E-state index contributed by atoms with van der Waals surface area (Å²) in [4.78, 5) is 7.06. The minimum atomic E-state index is -0.597. The molecule has 0 aliphatic carbocycles. The number of hydrogen-bond donors (Lipinski definition) is 2. The van der Waals surface area contributed by atoms with E-state index in [0.717, 1.165) is 11.9 Å². The number of halogens is 2. The maximum absolute atomic E-state index is 13.0. The number of imidazole rings is 1. The van der Waals surface area contributed by atoms with Crippen molar-refractivity contribution in [3.05, 3.63) is 41.9 Å². The Morgan fingerprint density at radius 3 is 2.56 bits per heavy atom. The van der Waals surface area contributed by atoms with Gasteiger partial charge in [0.2, 0.25) is 0 Å². The summed E-state index contributed by atoms with van der Waals surface area (Å²) >= 11 is 0. The van der Waals surface area contributed by atoms with Gasteiger partial charge in [0, 0.05) is 11.6 Å². The molecule has 1 aromatic heterocycles. The summed E-state index contributed by atoms with van der Waals surface area (Å²) in [6.45, 7) is 0.581. The van der Waals surface area contributed by atoms with Gasteiger partial charge in [-0.1, -0.05) is 0 Å². The predicted octanol–water partition coefficient (Wildman–Crippen LogP) is 2.07. The number of hydrogen-bond acceptors (Lipinski definition) is 2. The highest BCUT2D eigenvalue weighted by molar-refractivity contribution is 5.58. The summed E-state index contributed by atoms with van der Waals surface area (Å²) in [5, 5.41) is 2.93. The lowest BCUT2D eigenvalue weighted by Crippen LogP contribution is -2.06. The van der Waals surface area contributed by atoms with E-state index in [1.807, 2.05) is 0 Å². The summed E-state index contributed by atoms with van der Waals surface area (Å²) < 4.78 is 26.0. The first-order valence-corrected chi connectivity index (χ1v) is 4.84. The fraction of sp³-hybridized carbons (Fsp3) is 0.182. The molecule has 84 valence electrons. The number of aromatic nitrogens is 2. The Hall–Kier alpha value is -1.75. The highest BCUT2D eigenvalue weighted by Gasteiger charge is 2.06. The van der Waals surface area contributed by atoms with E-state index in [-0.39, 0.29) is 0 Å². The van der Waals surface area contributed by atoms with Crippen molar-refractivity contribution >= 4 is 0 Å². The van der Waals surface area contributed by atoms with Crippen LogP contribution in [0.3, 0.4) is 0 Å². The van der Waals surface area contributed by atoms with E-state index in [0.29, 0.717) is 17.8 Å². The number of aromatic amines is 1. The van der Waals surface area contributed by atoms with Crippen molar-refractivity contribution in [1.29, 1.82) is 0 Å². The summed E-state index contributed by atoms with van der Waals surface area (Å²) in [6, 6.07) is 3.37. The molecule has 0 aliphatic heterocycles. The summed E-state index contributed by atoms with van der Waals surface area (Å²) in [6.07, 6.45) is 1.56. The molecule has 0 radical (unpaired) electrons. The molecule has 1 aromatic carbocycles. The fourth-order valence-corrected chi connectivity index (χ4v) is 1.48. The van der Waals surface area contributed by atoms with E-state index in [1.165, 1.54) is 12.1 Å². The van der Waals surface area contributed by atoms with Crippen molar-refractivity contribution in [2.45, 2.75) is 6.54 Å². The van der Waals surface area contributed by atoms with E-state index in [9.17, 15) is 8.78 Å². The molecule has 0 amide bonds. The number of H-pyrrole nitrogens is 1. The monoisotopic (exact) mass is 223 g/mol. The summed E-state index contributed by atoms with van der Waals surface area (Å²) in [7, 11) is 1.80. The summed E-state index contributed by atoms with van der Waals surface area (Å²) in [5.41, 5.74) is 1.05. The molecule has 0 spiro atoms. The highest BCUT2D eigenvalue weighted by atomic mass is 19.1. The van der Waals surface area contributed by atoms with Crippen LogP contribution < -0.4 is 5.32 Å². The normalized spacial score (nSPS) is 10.7. The van der Waals surface area contributed by atoms with Crippen LogP contribution in [-0.4, -0.2) is 17.0 Å². The van der Waals surface area contributed by atoms with Crippen LogP contribution >= 0.6 is 0 Å². The van der Waals surface area contributed by atoms with E-state index in [1.54, 1.807) is 13.2 Å². The molecule has 0 fully saturated rings. The van der Waals surface area contributed by atoms with Crippen molar-refractivity contribution in [1.82, 2.24) is 15.3 Å². The van der Waals surface area contributed by atoms with Crippen LogP contribution in [0.25, 0.3) is 11.3 Å². The Morgan fingerprint density at radius 2 is 1.94 bits per heavy atom. The van der Waals surface area contributed by atoms with Crippen LogP contribution in [0, 0.1) is 11.6 Å². The largest absolute Gasteiger partial charge is 0.341 e. The molecule has 2 rings (SSSR count).